The van der Waals surface area contributed by atoms with Gasteiger partial charge in [-0.05, 0) is 32.2 Å². The summed E-state index contributed by atoms with van der Waals surface area (Å²) in [6.45, 7) is 6.18. The van der Waals surface area contributed by atoms with Gasteiger partial charge in [0.15, 0.2) is 5.65 Å². The Labute approximate surface area is 159 Å². The first kappa shape index (κ1) is 17.9. The Morgan fingerprint density at radius 1 is 1.22 bits per heavy atom. The smallest absolute Gasteiger partial charge is 0.158 e. The van der Waals surface area contributed by atoms with Crippen molar-refractivity contribution in [2.45, 2.75) is 19.8 Å². The number of fused-ring (bicyclic) bond motifs is 1. The molecule has 6 heteroatoms. The van der Waals surface area contributed by atoms with E-state index < -0.39 is 0 Å². The lowest BCUT2D eigenvalue weighted by molar-refractivity contribution is 0.123. The number of nitrogens with zero attached hydrogens (tertiary/aromatic N) is 4. The highest BCUT2D eigenvalue weighted by Crippen LogP contribution is 2.22. The SMILES string of the molecule is Cc1cc2nc(-c3ccccc3)cc(NCCN3CCCC(CO)C3)n2n1. The molecule has 2 aromatic heterocycles. The van der Waals surface area contributed by atoms with Gasteiger partial charge in [-0.1, -0.05) is 30.3 Å². The van der Waals surface area contributed by atoms with Crippen molar-refractivity contribution in [3.63, 3.8) is 0 Å². The number of nitrogens with one attached hydrogen (secondary N) is 1. The number of hydrogen-bond acceptors (Lipinski definition) is 5. The molecule has 1 aliphatic rings. The molecule has 2 N–H and O–H groups in total. The second-order valence-electron chi connectivity index (χ2n) is 7.37. The van der Waals surface area contributed by atoms with E-state index in [0.717, 1.165) is 61.0 Å². The zero-order valence-electron chi connectivity index (χ0n) is 15.8. The lowest BCUT2D eigenvalue weighted by atomic mass is 9.99. The molecule has 0 spiro atoms. The molecule has 142 valence electrons. The first-order valence-corrected chi connectivity index (χ1v) is 9.73. The van der Waals surface area contributed by atoms with Gasteiger partial charge >= 0.3 is 0 Å². The number of aryl methyl sites for hydroxylation is 1. The van der Waals surface area contributed by atoms with Crippen LogP contribution >= 0.6 is 0 Å². The summed E-state index contributed by atoms with van der Waals surface area (Å²) in [7, 11) is 0. The molecule has 3 aromatic rings. The van der Waals surface area contributed by atoms with Crippen molar-refractivity contribution >= 4 is 11.5 Å². The Morgan fingerprint density at radius 3 is 2.89 bits per heavy atom. The Bertz CT molecular complexity index is 892. The van der Waals surface area contributed by atoms with Gasteiger partial charge in [-0.3, -0.25) is 0 Å². The van der Waals surface area contributed by atoms with E-state index in [2.05, 4.69) is 33.5 Å². The summed E-state index contributed by atoms with van der Waals surface area (Å²) >= 11 is 0. The molecular weight excluding hydrogens is 338 g/mol. The van der Waals surface area contributed by atoms with Gasteiger partial charge in [0.25, 0.3) is 0 Å². The summed E-state index contributed by atoms with van der Waals surface area (Å²) in [4.78, 5) is 7.20. The Hall–Kier alpha value is -2.44. The minimum atomic E-state index is 0.294. The van der Waals surface area contributed by atoms with Crippen LogP contribution in [0.25, 0.3) is 16.9 Å². The topological polar surface area (TPSA) is 65.7 Å². The molecule has 1 aromatic carbocycles. The van der Waals surface area contributed by atoms with Gasteiger partial charge < -0.3 is 15.3 Å². The van der Waals surface area contributed by atoms with Gasteiger partial charge in [-0.15, -0.1) is 0 Å². The molecule has 1 unspecified atom stereocenters. The van der Waals surface area contributed by atoms with Crippen molar-refractivity contribution in [3.05, 3.63) is 48.2 Å². The Morgan fingerprint density at radius 2 is 2.07 bits per heavy atom. The molecule has 3 heterocycles. The standard InChI is InChI=1S/C21H27N5O/c1-16-12-21-23-19(18-7-3-2-4-8-18)13-20(26(21)24-16)22-9-11-25-10-5-6-17(14-25)15-27/h2-4,7-8,12-13,17,22,27H,5-6,9-11,14-15H2,1H3. The van der Waals surface area contributed by atoms with Gasteiger partial charge in [-0.25, -0.2) is 4.98 Å². The predicted octanol–water partition coefficient (Wildman–Crippen LogP) is 2.82. The average Bonchev–Trinajstić information content (AvgIpc) is 3.09. The fourth-order valence-electron chi connectivity index (χ4n) is 3.82. The molecule has 1 atom stereocenters. The van der Waals surface area contributed by atoms with E-state index in [4.69, 9.17) is 4.98 Å². The zero-order valence-corrected chi connectivity index (χ0v) is 15.8. The van der Waals surface area contributed by atoms with Crippen LogP contribution in [0, 0.1) is 12.8 Å². The molecule has 0 saturated carbocycles. The van der Waals surface area contributed by atoms with Crippen molar-refractivity contribution in [1.82, 2.24) is 19.5 Å². The third kappa shape index (κ3) is 4.12. The van der Waals surface area contributed by atoms with E-state index in [9.17, 15) is 5.11 Å². The number of likely N-dealkylation sites (tertiary alicyclic amines) is 1. The zero-order chi connectivity index (χ0) is 18.6. The highest BCUT2D eigenvalue weighted by atomic mass is 16.3. The minimum absolute atomic E-state index is 0.294. The number of aromatic nitrogens is 3. The summed E-state index contributed by atoms with van der Waals surface area (Å²) in [6, 6.07) is 14.3. The van der Waals surface area contributed by atoms with Gasteiger partial charge in [0.05, 0.1) is 11.4 Å². The summed E-state index contributed by atoms with van der Waals surface area (Å²) in [6.07, 6.45) is 2.31. The fraction of sp³-hybridized carbons (Fsp3) is 0.429. The van der Waals surface area contributed by atoms with Crippen LogP contribution < -0.4 is 5.32 Å². The highest BCUT2D eigenvalue weighted by Gasteiger charge is 2.18. The number of benzene rings is 1. The summed E-state index contributed by atoms with van der Waals surface area (Å²) < 4.78 is 1.88. The van der Waals surface area contributed by atoms with E-state index in [1.807, 2.05) is 35.7 Å². The van der Waals surface area contributed by atoms with Crippen LogP contribution in [0.3, 0.4) is 0 Å². The van der Waals surface area contributed by atoms with Crippen LogP contribution in [0.15, 0.2) is 42.5 Å². The molecule has 4 rings (SSSR count). The summed E-state index contributed by atoms with van der Waals surface area (Å²) in [5.41, 5.74) is 3.86. The maximum Gasteiger partial charge on any atom is 0.158 e. The van der Waals surface area contributed by atoms with Crippen LogP contribution in [-0.2, 0) is 0 Å². The molecule has 0 bridgehead atoms. The number of aliphatic hydroxyl groups excluding tert-OH is 1. The molecule has 0 amide bonds. The van der Waals surface area contributed by atoms with Crippen LogP contribution in [0.2, 0.25) is 0 Å². The van der Waals surface area contributed by atoms with Gasteiger partial charge in [0, 0.05) is 43.9 Å². The fourth-order valence-corrected chi connectivity index (χ4v) is 3.82. The maximum atomic E-state index is 9.41. The van der Waals surface area contributed by atoms with Crippen LogP contribution in [0.1, 0.15) is 18.5 Å². The number of aliphatic hydroxyl groups is 1. The largest absolute Gasteiger partial charge is 0.396 e. The van der Waals surface area contributed by atoms with Crippen molar-refractivity contribution in [2.75, 3.05) is 38.1 Å². The van der Waals surface area contributed by atoms with E-state index in [1.165, 1.54) is 6.42 Å². The molecular formula is C21H27N5O. The number of piperidine rings is 1. The molecule has 1 saturated heterocycles. The number of rotatable bonds is 6. The average molecular weight is 365 g/mol. The lowest BCUT2D eigenvalue weighted by Gasteiger charge is -2.31. The van der Waals surface area contributed by atoms with E-state index in [1.54, 1.807) is 0 Å². The third-order valence-corrected chi connectivity index (χ3v) is 5.21. The number of hydrogen-bond donors (Lipinski definition) is 2. The van der Waals surface area contributed by atoms with Crippen LogP contribution in [0.5, 0.6) is 0 Å². The van der Waals surface area contributed by atoms with Crippen LogP contribution in [0.4, 0.5) is 5.82 Å². The Kier molecular flexibility index (Phi) is 5.36. The minimum Gasteiger partial charge on any atom is -0.396 e. The maximum absolute atomic E-state index is 9.41. The molecule has 0 radical (unpaired) electrons. The first-order valence-electron chi connectivity index (χ1n) is 9.73. The van der Waals surface area contributed by atoms with Crippen molar-refractivity contribution < 1.29 is 5.11 Å². The lowest BCUT2D eigenvalue weighted by Crippen LogP contribution is -2.39. The second kappa shape index (κ2) is 8.06. The van der Waals surface area contributed by atoms with E-state index >= 15 is 0 Å². The first-order chi connectivity index (χ1) is 13.2. The Balaban J connectivity index is 1.52. The third-order valence-electron chi connectivity index (χ3n) is 5.21. The molecule has 6 nitrogen and oxygen atoms in total. The monoisotopic (exact) mass is 365 g/mol. The second-order valence-corrected chi connectivity index (χ2v) is 7.37. The highest BCUT2D eigenvalue weighted by molar-refractivity contribution is 5.66. The molecule has 1 aliphatic heterocycles. The van der Waals surface area contributed by atoms with Gasteiger partial charge in [-0.2, -0.15) is 9.61 Å². The van der Waals surface area contributed by atoms with Crippen LogP contribution in [-0.4, -0.2) is 57.4 Å². The van der Waals surface area contributed by atoms with E-state index in [0.29, 0.717) is 12.5 Å². The predicted molar refractivity (Wildman–Crippen MR) is 108 cm³/mol. The van der Waals surface area contributed by atoms with Crippen molar-refractivity contribution in [3.8, 4) is 11.3 Å². The summed E-state index contributed by atoms with van der Waals surface area (Å²) in [5, 5.41) is 17.5. The quantitative estimate of drug-likeness (QED) is 0.703. The van der Waals surface area contributed by atoms with Crippen molar-refractivity contribution in [2.24, 2.45) is 5.92 Å². The number of anilines is 1. The molecule has 1 fully saturated rings. The summed E-state index contributed by atoms with van der Waals surface area (Å²) in [5.74, 6) is 1.38. The van der Waals surface area contributed by atoms with Crippen molar-refractivity contribution in [1.29, 1.82) is 0 Å². The van der Waals surface area contributed by atoms with Gasteiger partial charge in [0.2, 0.25) is 0 Å². The van der Waals surface area contributed by atoms with E-state index in [-0.39, 0.29) is 0 Å². The molecule has 0 aliphatic carbocycles. The molecule has 27 heavy (non-hydrogen) atoms. The normalized spacial score (nSPS) is 18.1. The van der Waals surface area contributed by atoms with Gasteiger partial charge in [0.1, 0.15) is 5.82 Å².